The van der Waals surface area contributed by atoms with Gasteiger partial charge in [0.05, 0.1) is 0 Å². The zero-order valence-corrected chi connectivity index (χ0v) is 13.0. The number of hydrogen-bond donors (Lipinski definition) is 2. The van der Waals surface area contributed by atoms with Crippen LogP contribution in [0.2, 0.25) is 0 Å². The molecule has 1 aromatic heterocycles. The van der Waals surface area contributed by atoms with Crippen LogP contribution in [-0.4, -0.2) is 19.9 Å². The molecule has 1 amide bonds. The number of sulfonamides is 1. The van der Waals surface area contributed by atoms with Gasteiger partial charge >= 0.3 is 0 Å². The molecule has 3 N–H and O–H groups in total. The van der Waals surface area contributed by atoms with Gasteiger partial charge in [-0.15, -0.1) is 0 Å². The molecule has 1 heterocycles. The summed E-state index contributed by atoms with van der Waals surface area (Å²) in [6.07, 6.45) is 2.16. The van der Waals surface area contributed by atoms with Gasteiger partial charge in [0.15, 0.2) is 10.4 Å². The lowest BCUT2D eigenvalue weighted by atomic mass is 9.99. The first-order valence-corrected chi connectivity index (χ1v) is 8.10. The molecule has 0 spiro atoms. The first kappa shape index (κ1) is 14.5. The first-order valence-electron chi connectivity index (χ1n) is 5.76. The number of carbonyl (C=O) groups excluding carboxylic acids is 1. The van der Waals surface area contributed by atoms with Gasteiger partial charge in [-0.2, -0.15) is 0 Å². The molecule has 0 saturated heterocycles. The van der Waals surface area contributed by atoms with Gasteiger partial charge < -0.3 is 9.73 Å². The number of carbonyl (C=O) groups is 1. The maximum atomic E-state index is 12.0. The fourth-order valence-corrected chi connectivity index (χ4v) is 3.42. The molecule has 0 atom stereocenters. The maximum Gasteiger partial charge on any atom is 0.287 e. The zero-order valence-electron chi connectivity index (χ0n) is 10.6. The highest BCUT2D eigenvalue weighted by molar-refractivity contribution is 9.10. The van der Waals surface area contributed by atoms with Gasteiger partial charge in [-0.25, -0.2) is 13.6 Å². The molecule has 1 aliphatic rings. The van der Waals surface area contributed by atoms with Gasteiger partial charge in [-0.05, 0) is 48.5 Å². The quantitative estimate of drug-likeness (QED) is 0.860. The van der Waals surface area contributed by atoms with Crippen molar-refractivity contribution < 1.29 is 17.6 Å². The predicted octanol–water partition coefficient (Wildman–Crippen LogP) is 1.61. The summed E-state index contributed by atoms with van der Waals surface area (Å²) in [6, 6.07) is 1.12. The number of halogens is 1. The van der Waals surface area contributed by atoms with Crippen LogP contribution in [0.3, 0.4) is 0 Å². The molecule has 0 aromatic carbocycles. The highest BCUT2D eigenvalue weighted by Crippen LogP contribution is 2.39. The van der Waals surface area contributed by atoms with Crippen molar-refractivity contribution in [3.05, 3.63) is 16.5 Å². The lowest BCUT2D eigenvalue weighted by Gasteiger charge is -2.25. The predicted molar refractivity (Wildman–Crippen MR) is 72.1 cm³/mol. The zero-order chi connectivity index (χ0) is 14.4. The molecule has 19 heavy (non-hydrogen) atoms. The second-order valence-corrected chi connectivity index (χ2v) is 7.49. The lowest BCUT2D eigenvalue weighted by molar-refractivity contribution is 0.0873. The van der Waals surface area contributed by atoms with Crippen molar-refractivity contribution in [3.8, 4) is 0 Å². The Morgan fingerprint density at radius 1 is 1.53 bits per heavy atom. The monoisotopic (exact) mass is 350 g/mol. The highest BCUT2D eigenvalue weighted by atomic mass is 79.9. The van der Waals surface area contributed by atoms with Gasteiger partial charge in [-0.3, -0.25) is 4.79 Å². The first-order chi connectivity index (χ1) is 8.61. The number of primary sulfonamides is 1. The van der Waals surface area contributed by atoms with Crippen LogP contribution in [0.25, 0.3) is 0 Å². The summed E-state index contributed by atoms with van der Waals surface area (Å²) in [5.74, 6) is -0.0790. The summed E-state index contributed by atoms with van der Waals surface area (Å²) in [5.41, 5.74) is -0.335. The van der Waals surface area contributed by atoms with E-state index in [0.717, 1.165) is 18.9 Å². The van der Waals surface area contributed by atoms with E-state index in [0.29, 0.717) is 5.92 Å². The molecular formula is C11H15BrN2O4S. The Bertz CT molecular complexity index is 617. The summed E-state index contributed by atoms with van der Waals surface area (Å²) < 4.78 is 27.5. The molecule has 0 aliphatic heterocycles. The third kappa shape index (κ3) is 3.18. The normalized spacial score (nSPS) is 16.4. The van der Waals surface area contributed by atoms with Crippen molar-refractivity contribution in [1.82, 2.24) is 5.32 Å². The Morgan fingerprint density at radius 3 is 2.53 bits per heavy atom. The fourth-order valence-electron chi connectivity index (χ4n) is 1.92. The molecule has 106 valence electrons. The Hall–Kier alpha value is -0.860. The summed E-state index contributed by atoms with van der Waals surface area (Å²) in [4.78, 5) is 11.8. The van der Waals surface area contributed by atoms with E-state index in [1.54, 1.807) is 0 Å². The molecule has 1 saturated carbocycles. The summed E-state index contributed by atoms with van der Waals surface area (Å²) >= 11 is 2.94. The maximum absolute atomic E-state index is 12.0. The average Bonchev–Trinajstić information content (AvgIpc) is 3.00. The minimum atomic E-state index is -3.91. The summed E-state index contributed by atoms with van der Waals surface area (Å²) in [6.45, 7) is 3.86. The SMILES string of the molecule is CC(C)(NC(=O)c1cc(S(N)(=O)=O)c(Br)o1)C1CC1. The van der Waals surface area contributed by atoms with E-state index < -0.39 is 15.9 Å². The molecule has 0 radical (unpaired) electrons. The third-order valence-corrected chi connectivity index (χ3v) is 4.99. The lowest BCUT2D eigenvalue weighted by Crippen LogP contribution is -2.45. The van der Waals surface area contributed by atoms with Crippen molar-refractivity contribution >= 4 is 31.9 Å². The van der Waals surface area contributed by atoms with Crippen LogP contribution in [-0.2, 0) is 10.0 Å². The Morgan fingerprint density at radius 2 is 2.11 bits per heavy atom. The van der Waals surface area contributed by atoms with Gasteiger partial charge in [0.2, 0.25) is 10.0 Å². The molecule has 8 heteroatoms. The van der Waals surface area contributed by atoms with Crippen molar-refractivity contribution in [2.24, 2.45) is 11.1 Å². The van der Waals surface area contributed by atoms with Crippen molar-refractivity contribution in [2.45, 2.75) is 37.1 Å². The van der Waals surface area contributed by atoms with Gasteiger partial charge in [0.25, 0.3) is 5.91 Å². The smallest absolute Gasteiger partial charge is 0.287 e. The number of nitrogens with two attached hydrogens (primary N) is 1. The van der Waals surface area contributed by atoms with Crippen molar-refractivity contribution in [1.29, 1.82) is 0 Å². The molecule has 1 fully saturated rings. The summed E-state index contributed by atoms with van der Waals surface area (Å²) in [7, 11) is -3.91. The third-order valence-electron chi connectivity index (χ3n) is 3.22. The summed E-state index contributed by atoms with van der Waals surface area (Å²) in [5, 5.41) is 7.84. The van der Waals surface area contributed by atoms with Gasteiger partial charge in [0.1, 0.15) is 4.90 Å². The second-order valence-electron chi connectivity index (χ2n) is 5.24. The molecule has 2 rings (SSSR count). The largest absolute Gasteiger partial charge is 0.443 e. The molecule has 0 bridgehead atoms. The van der Waals surface area contributed by atoms with Crippen LogP contribution in [0.1, 0.15) is 37.2 Å². The fraction of sp³-hybridized carbons (Fsp3) is 0.545. The van der Waals surface area contributed by atoms with Crippen LogP contribution in [0.5, 0.6) is 0 Å². The van der Waals surface area contributed by atoms with Crippen molar-refractivity contribution in [3.63, 3.8) is 0 Å². The molecule has 1 aliphatic carbocycles. The van der Waals surface area contributed by atoms with Gasteiger partial charge in [-0.1, -0.05) is 0 Å². The second kappa shape index (κ2) is 4.60. The minimum absolute atomic E-state index is 0.0654. The van der Waals surface area contributed by atoms with Gasteiger partial charge in [0, 0.05) is 11.6 Å². The molecular weight excluding hydrogens is 336 g/mol. The van der Waals surface area contributed by atoms with Crippen LogP contribution >= 0.6 is 15.9 Å². The number of rotatable bonds is 4. The number of amides is 1. The Labute approximate surface area is 119 Å². The number of nitrogens with one attached hydrogen (secondary N) is 1. The van der Waals surface area contributed by atoms with Crippen molar-refractivity contribution in [2.75, 3.05) is 0 Å². The highest BCUT2D eigenvalue weighted by Gasteiger charge is 2.39. The van der Waals surface area contributed by atoms with E-state index in [2.05, 4.69) is 21.2 Å². The van der Waals surface area contributed by atoms with E-state index in [1.165, 1.54) is 0 Å². The van der Waals surface area contributed by atoms with Crippen LogP contribution in [0.15, 0.2) is 20.0 Å². The molecule has 0 unspecified atom stereocenters. The Kier molecular flexibility index (Phi) is 3.53. The number of furan rings is 1. The molecule has 1 aromatic rings. The Balaban J connectivity index is 2.21. The van der Waals surface area contributed by atoms with E-state index in [1.807, 2.05) is 13.8 Å². The number of hydrogen-bond acceptors (Lipinski definition) is 4. The van der Waals surface area contributed by atoms with E-state index in [9.17, 15) is 13.2 Å². The average molecular weight is 351 g/mol. The standard InChI is InChI=1S/C11H15BrN2O4S/c1-11(2,6-3-4-6)14-10(15)7-5-8(9(12)18-7)19(13,16)17/h5-6H,3-4H2,1-2H3,(H,14,15)(H2,13,16,17). The topological polar surface area (TPSA) is 102 Å². The van der Waals surface area contributed by atoms with E-state index >= 15 is 0 Å². The van der Waals surface area contributed by atoms with Crippen LogP contribution in [0.4, 0.5) is 0 Å². The van der Waals surface area contributed by atoms with Crippen LogP contribution < -0.4 is 10.5 Å². The van der Waals surface area contributed by atoms with E-state index in [-0.39, 0.29) is 20.9 Å². The molecule has 6 nitrogen and oxygen atoms in total. The van der Waals surface area contributed by atoms with E-state index in [4.69, 9.17) is 9.56 Å². The minimum Gasteiger partial charge on any atom is -0.443 e. The van der Waals surface area contributed by atoms with Crippen LogP contribution in [0, 0.1) is 5.92 Å².